The largest absolute Gasteiger partial charge is 0.345 e. The molecule has 1 fully saturated rings. The van der Waals surface area contributed by atoms with Crippen LogP contribution in [0.4, 0.5) is 0 Å². The Bertz CT molecular complexity index is 425. The maximum Gasteiger partial charge on any atom is 0.222 e. The van der Waals surface area contributed by atoms with Gasteiger partial charge < -0.3 is 10.2 Å². The average Bonchev–Trinajstić information content (AvgIpc) is 2.90. The van der Waals surface area contributed by atoms with Crippen LogP contribution in [-0.2, 0) is 11.2 Å². The smallest absolute Gasteiger partial charge is 0.222 e. The predicted molar refractivity (Wildman–Crippen MR) is 78.1 cm³/mol. The van der Waals surface area contributed by atoms with E-state index in [-0.39, 0.29) is 5.91 Å². The fourth-order valence-electron chi connectivity index (χ4n) is 2.59. The summed E-state index contributed by atoms with van der Waals surface area (Å²) in [4.78, 5) is 14.0. The van der Waals surface area contributed by atoms with Gasteiger partial charge in [0.2, 0.25) is 5.91 Å². The number of nitrogens with one attached hydrogen (secondary N) is 1. The van der Waals surface area contributed by atoms with Gasteiger partial charge in [0, 0.05) is 20.0 Å². The molecule has 1 saturated heterocycles. The van der Waals surface area contributed by atoms with E-state index in [4.69, 9.17) is 0 Å². The number of carbonyl (C=O) groups excluding carboxylic acids is 1. The number of hydrogen-bond acceptors (Lipinski definition) is 2. The van der Waals surface area contributed by atoms with E-state index >= 15 is 0 Å². The lowest BCUT2D eigenvalue weighted by Crippen LogP contribution is -2.30. The van der Waals surface area contributed by atoms with Crippen LogP contribution in [0.3, 0.4) is 0 Å². The molecule has 1 aromatic rings. The molecule has 104 valence electrons. The Kier molecular flexibility index (Phi) is 4.97. The lowest BCUT2D eigenvalue weighted by Gasteiger charge is -2.19. The van der Waals surface area contributed by atoms with Gasteiger partial charge in [0.25, 0.3) is 0 Å². The van der Waals surface area contributed by atoms with Crippen LogP contribution >= 0.6 is 0 Å². The quantitative estimate of drug-likeness (QED) is 0.878. The molecule has 3 heteroatoms. The molecule has 19 heavy (non-hydrogen) atoms. The highest BCUT2D eigenvalue weighted by Gasteiger charge is 2.20. The second kappa shape index (κ2) is 6.71. The minimum absolute atomic E-state index is 0.280. The van der Waals surface area contributed by atoms with Crippen molar-refractivity contribution in [2.45, 2.75) is 26.2 Å². The van der Waals surface area contributed by atoms with Crippen LogP contribution in [0.2, 0.25) is 0 Å². The van der Waals surface area contributed by atoms with E-state index < -0.39 is 0 Å². The molecule has 0 aliphatic carbocycles. The van der Waals surface area contributed by atoms with Crippen LogP contribution in [0.15, 0.2) is 24.3 Å². The van der Waals surface area contributed by atoms with Gasteiger partial charge >= 0.3 is 0 Å². The van der Waals surface area contributed by atoms with Crippen LogP contribution in [-0.4, -0.2) is 37.5 Å². The van der Waals surface area contributed by atoms with Crippen LogP contribution in [0.25, 0.3) is 0 Å². The molecule has 0 saturated carbocycles. The van der Waals surface area contributed by atoms with Crippen LogP contribution in [0, 0.1) is 12.8 Å². The summed E-state index contributed by atoms with van der Waals surface area (Å²) in [5, 5.41) is 3.31. The van der Waals surface area contributed by atoms with Crippen LogP contribution in [0.5, 0.6) is 0 Å². The summed E-state index contributed by atoms with van der Waals surface area (Å²) in [6, 6.07) is 8.39. The number of rotatable bonds is 5. The summed E-state index contributed by atoms with van der Waals surface area (Å²) in [7, 11) is 1.92. The number of benzene rings is 1. The first kappa shape index (κ1) is 14.1. The van der Waals surface area contributed by atoms with Crippen LogP contribution < -0.4 is 5.32 Å². The number of aryl methyl sites for hydroxylation is 1. The third kappa shape index (κ3) is 4.06. The molecule has 1 amide bonds. The first-order valence-corrected chi connectivity index (χ1v) is 7.16. The predicted octanol–water partition coefficient (Wildman–Crippen LogP) is 2.00. The molecule has 1 unspecified atom stereocenters. The highest BCUT2D eigenvalue weighted by atomic mass is 16.2. The molecule has 0 bridgehead atoms. The average molecular weight is 260 g/mol. The SMILES string of the molecule is Cc1ccccc1CCN(C)C(=O)CC1CCNC1. The molecule has 1 aliphatic rings. The van der Waals surface area contributed by atoms with Gasteiger partial charge in [-0.3, -0.25) is 4.79 Å². The fourth-order valence-corrected chi connectivity index (χ4v) is 2.59. The van der Waals surface area contributed by atoms with Crippen molar-refractivity contribution in [1.82, 2.24) is 10.2 Å². The number of likely N-dealkylation sites (N-methyl/N-ethyl adjacent to an activating group) is 1. The second-order valence-electron chi connectivity index (χ2n) is 5.55. The summed E-state index contributed by atoms with van der Waals surface area (Å²) in [5.74, 6) is 0.815. The van der Waals surface area contributed by atoms with E-state index in [1.54, 1.807) is 0 Å². The van der Waals surface area contributed by atoms with E-state index in [1.807, 2.05) is 11.9 Å². The van der Waals surface area contributed by atoms with E-state index in [2.05, 4.69) is 36.5 Å². The highest BCUT2D eigenvalue weighted by molar-refractivity contribution is 5.76. The lowest BCUT2D eigenvalue weighted by atomic mass is 10.0. The van der Waals surface area contributed by atoms with Gasteiger partial charge in [-0.2, -0.15) is 0 Å². The summed E-state index contributed by atoms with van der Waals surface area (Å²) in [6.07, 6.45) is 2.77. The molecule has 1 atom stereocenters. The molecule has 0 radical (unpaired) electrons. The van der Waals surface area contributed by atoms with Crippen molar-refractivity contribution in [1.29, 1.82) is 0 Å². The van der Waals surface area contributed by atoms with Crippen molar-refractivity contribution < 1.29 is 4.79 Å². The Morgan fingerprint density at radius 3 is 2.89 bits per heavy atom. The topological polar surface area (TPSA) is 32.3 Å². The van der Waals surface area contributed by atoms with E-state index in [0.717, 1.165) is 32.5 Å². The molecular weight excluding hydrogens is 236 g/mol. The summed E-state index contributed by atoms with van der Waals surface area (Å²) in [6.45, 7) is 4.99. The van der Waals surface area contributed by atoms with Crippen molar-refractivity contribution in [3.8, 4) is 0 Å². The molecule has 2 rings (SSSR count). The Labute approximate surface area is 116 Å². The summed E-state index contributed by atoms with van der Waals surface area (Å²) >= 11 is 0. The lowest BCUT2D eigenvalue weighted by molar-refractivity contribution is -0.130. The zero-order valence-electron chi connectivity index (χ0n) is 12.0. The molecular formula is C16H24N2O. The molecule has 0 spiro atoms. The third-order valence-electron chi connectivity index (χ3n) is 4.03. The number of carbonyl (C=O) groups is 1. The standard InChI is InChI=1S/C16H24N2O/c1-13-5-3-4-6-15(13)8-10-18(2)16(19)11-14-7-9-17-12-14/h3-6,14,17H,7-12H2,1-2H3. The van der Waals surface area contributed by atoms with Gasteiger partial charge in [-0.05, 0) is 49.9 Å². The van der Waals surface area contributed by atoms with Gasteiger partial charge in [0.05, 0.1) is 0 Å². The fraction of sp³-hybridized carbons (Fsp3) is 0.562. The first-order valence-electron chi connectivity index (χ1n) is 7.16. The van der Waals surface area contributed by atoms with Crippen molar-refractivity contribution in [3.63, 3.8) is 0 Å². The zero-order chi connectivity index (χ0) is 13.7. The third-order valence-corrected chi connectivity index (χ3v) is 4.03. The van der Waals surface area contributed by atoms with Crippen LogP contribution in [0.1, 0.15) is 24.0 Å². The minimum atomic E-state index is 0.280. The Morgan fingerprint density at radius 1 is 1.42 bits per heavy atom. The Hall–Kier alpha value is -1.35. The maximum atomic E-state index is 12.1. The molecule has 1 aromatic carbocycles. The van der Waals surface area contributed by atoms with E-state index in [1.165, 1.54) is 11.1 Å². The molecule has 3 nitrogen and oxygen atoms in total. The highest BCUT2D eigenvalue weighted by Crippen LogP contribution is 2.14. The molecule has 0 aromatic heterocycles. The van der Waals surface area contributed by atoms with Gasteiger partial charge in [-0.1, -0.05) is 24.3 Å². The van der Waals surface area contributed by atoms with E-state index in [0.29, 0.717) is 12.3 Å². The minimum Gasteiger partial charge on any atom is -0.345 e. The number of nitrogens with zero attached hydrogens (tertiary/aromatic N) is 1. The zero-order valence-corrected chi connectivity index (χ0v) is 12.0. The van der Waals surface area contributed by atoms with Gasteiger partial charge in [-0.15, -0.1) is 0 Å². The number of amides is 1. The molecule has 1 heterocycles. The van der Waals surface area contributed by atoms with Crippen molar-refractivity contribution in [2.75, 3.05) is 26.7 Å². The van der Waals surface area contributed by atoms with Gasteiger partial charge in [0.1, 0.15) is 0 Å². The van der Waals surface area contributed by atoms with Gasteiger partial charge in [-0.25, -0.2) is 0 Å². The first-order chi connectivity index (χ1) is 9.16. The van der Waals surface area contributed by atoms with Crippen molar-refractivity contribution in [2.24, 2.45) is 5.92 Å². The monoisotopic (exact) mass is 260 g/mol. The molecule has 1 N–H and O–H groups in total. The number of hydrogen-bond donors (Lipinski definition) is 1. The Morgan fingerprint density at radius 2 is 2.21 bits per heavy atom. The second-order valence-corrected chi connectivity index (χ2v) is 5.55. The van der Waals surface area contributed by atoms with E-state index in [9.17, 15) is 4.79 Å². The van der Waals surface area contributed by atoms with Crippen molar-refractivity contribution >= 4 is 5.91 Å². The normalized spacial score (nSPS) is 18.5. The molecule has 1 aliphatic heterocycles. The summed E-state index contributed by atoms with van der Waals surface area (Å²) < 4.78 is 0. The Balaban J connectivity index is 1.78. The summed E-state index contributed by atoms with van der Waals surface area (Å²) in [5.41, 5.74) is 2.65. The maximum absolute atomic E-state index is 12.1. The van der Waals surface area contributed by atoms with Crippen molar-refractivity contribution in [3.05, 3.63) is 35.4 Å². The van der Waals surface area contributed by atoms with Gasteiger partial charge in [0.15, 0.2) is 0 Å².